The molecule has 2 aromatic rings. The molecule has 0 saturated carbocycles. The van der Waals surface area contributed by atoms with Crippen molar-refractivity contribution in [2.45, 2.75) is 25.8 Å². The Morgan fingerprint density at radius 1 is 1.30 bits per heavy atom. The van der Waals surface area contributed by atoms with Crippen molar-refractivity contribution in [3.05, 3.63) is 40.2 Å². The van der Waals surface area contributed by atoms with E-state index in [4.69, 9.17) is 9.52 Å². The molecule has 0 aliphatic carbocycles. The number of hydrogen-bond acceptors (Lipinski definition) is 5. The summed E-state index contributed by atoms with van der Waals surface area (Å²) in [7, 11) is 1.53. The number of carbonyl (C=O) groups is 2. The van der Waals surface area contributed by atoms with Crippen LogP contribution in [0.1, 0.15) is 18.4 Å². The topological polar surface area (TPSA) is 109 Å². The highest BCUT2D eigenvalue weighted by molar-refractivity contribution is 5.93. The van der Waals surface area contributed by atoms with Crippen LogP contribution >= 0.6 is 0 Å². The number of aryl methyl sites for hydroxylation is 1. The summed E-state index contributed by atoms with van der Waals surface area (Å²) in [5.41, 5.74) is 1.24. The van der Waals surface area contributed by atoms with Gasteiger partial charge in [0.25, 0.3) is 0 Å². The third-order valence-corrected chi connectivity index (χ3v) is 3.54. The van der Waals surface area contributed by atoms with Crippen LogP contribution in [0.2, 0.25) is 0 Å². The van der Waals surface area contributed by atoms with Crippen LogP contribution in [0, 0.1) is 6.92 Å². The monoisotopic (exact) mass is 318 g/mol. The first-order valence-electron chi connectivity index (χ1n) is 7.15. The molecule has 7 nitrogen and oxygen atoms in total. The lowest BCUT2D eigenvalue weighted by atomic mass is 10.1. The molecule has 0 aliphatic heterocycles. The van der Waals surface area contributed by atoms with E-state index in [2.05, 4.69) is 10.6 Å². The zero-order valence-corrected chi connectivity index (χ0v) is 12.9. The van der Waals surface area contributed by atoms with Crippen molar-refractivity contribution in [2.75, 3.05) is 12.4 Å². The summed E-state index contributed by atoms with van der Waals surface area (Å²) in [5.74, 6) is -1.30. The minimum atomic E-state index is -0.997. The number of fused-ring (bicyclic) bond motifs is 1. The summed E-state index contributed by atoms with van der Waals surface area (Å²) < 4.78 is 5.12. The van der Waals surface area contributed by atoms with Crippen LogP contribution in [0.4, 0.5) is 5.69 Å². The molecule has 0 aliphatic rings. The van der Waals surface area contributed by atoms with Gasteiger partial charge in [-0.3, -0.25) is 9.59 Å². The van der Waals surface area contributed by atoms with Crippen molar-refractivity contribution in [3.63, 3.8) is 0 Å². The Balaban J connectivity index is 2.08. The van der Waals surface area contributed by atoms with Crippen molar-refractivity contribution in [3.8, 4) is 0 Å². The average Bonchev–Trinajstić information content (AvgIpc) is 2.46. The van der Waals surface area contributed by atoms with Crippen molar-refractivity contribution in [1.29, 1.82) is 0 Å². The minimum Gasteiger partial charge on any atom is -0.480 e. The van der Waals surface area contributed by atoms with Crippen LogP contribution in [0.3, 0.4) is 0 Å². The molecule has 0 saturated heterocycles. The lowest BCUT2D eigenvalue weighted by Gasteiger charge is -2.11. The highest BCUT2D eigenvalue weighted by atomic mass is 16.4. The van der Waals surface area contributed by atoms with Gasteiger partial charge in [-0.15, -0.1) is 0 Å². The zero-order chi connectivity index (χ0) is 17.0. The number of likely N-dealkylation sites (N-methyl/N-ethyl adjacent to an activating group) is 1. The lowest BCUT2D eigenvalue weighted by molar-refractivity contribution is -0.139. The molecular formula is C16H18N2O5. The summed E-state index contributed by atoms with van der Waals surface area (Å²) in [6.45, 7) is 1.81. The van der Waals surface area contributed by atoms with Gasteiger partial charge in [0.2, 0.25) is 5.91 Å². The van der Waals surface area contributed by atoms with Crippen molar-refractivity contribution >= 4 is 28.5 Å². The quantitative estimate of drug-likeness (QED) is 0.696. The fourth-order valence-corrected chi connectivity index (χ4v) is 2.29. The van der Waals surface area contributed by atoms with Crippen LogP contribution in [0.15, 0.2) is 33.5 Å². The molecule has 122 valence electrons. The molecule has 0 fully saturated rings. The molecule has 23 heavy (non-hydrogen) atoms. The fraction of sp³-hybridized carbons (Fsp3) is 0.312. The summed E-state index contributed by atoms with van der Waals surface area (Å²) >= 11 is 0. The van der Waals surface area contributed by atoms with Gasteiger partial charge in [0.05, 0.1) is 0 Å². The van der Waals surface area contributed by atoms with Gasteiger partial charge in [-0.05, 0) is 38.1 Å². The number of carboxylic acids is 1. The molecule has 1 atom stereocenters. The summed E-state index contributed by atoms with van der Waals surface area (Å²) in [6.07, 6.45) is 0.243. The van der Waals surface area contributed by atoms with Gasteiger partial charge in [-0.1, -0.05) is 0 Å². The van der Waals surface area contributed by atoms with E-state index < -0.39 is 17.6 Å². The molecule has 1 heterocycles. The number of carbonyl (C=O) groups excluding carboxylic acids is 1. The maximum absolute atomic E-state index is 11.9. The third kappa shape index (κ3) is 4.17. The number of benzene rings is 1. The molecule has 7 heteroatoms. The zero-order valence-electron chi connectivity index (χ0n) is 12.9. The predicted octanol–water partition coefficient (Wildman–Crippen LogP) is 1.49. The Labute approximate surface area is 132 Å². The molecule has 3 N–H and O–H groups in total. The fourth-order valence-electron chi connectivity index (χ4n) is 2.29. The number of amides is 1. The third-order valence-electron chi connectivity index (χ3n) is 3.54. The second-order valence-electron chi connectivity index (χ2n) is 5.23. The molecule has 0 spiro atoms. The number of hydrogen-bond donors (Lipinski definition) is 3. The molecule has 1 amide bonds. The SMILES string of the molecule is CN[C@@H](CCC(=O)Nc1ccc2c(C)cc(=O)oc2c1)C(=O)O. The highest BCUT2D eigenvalue weighted by Gasteiger charge is 2.16. The van der Waals surface area contributed by atoms with Gasteiger partial charge in [-0.25, -0.2) is 4.79 Å². The molecular weight excluding hydrogens is 300 g/mol. The van der Waals surface area contributed by atoms with E-state index in [-0.39, 0.29) is 18.7 Å². The maximum Gasteiger partial charge on any atom is 0.336 e. The van der Waals surface area contributed by atoms with Crippen molar-refractivity contribution in [1.82, 2.24) is 5.32 Å². The van der Waals surface area contributed by atoms with E-state index in [1.165, 1.54) is 13.1 Å². The van der Waals surface area contributed by atoms with Gasteiger partial charge in [0.1, 0.15) is 11.6 Å². The number of nitrogens with one attached hydrogen (secondary N) is 2. The number of rotatable bonds is 6. The summed E-state index contributed by atoms with van der Waals surface area (Å²) in [6, 6.07) is 5.69. The number of carboxylic acid groups (broad SMARTS) is 1. The summed E-state index contributed by atoms with van der Waals surface area (Å²) in [5, 5.41) is 15.0. The van der Waals surface area contributed by atoms with Crippen LogP contribution in [-0.2, 0) is 9.59 Å². The standard InChI is InChI=1S/C16H18N2O5/c1-9-7-15(20)23-13-8-10(3-4-11(9)13)18-14(19)6-5-12(17-2)16(21)22/h3-4,7-8,12,17H,5-6H2,1-2H3,(H,18,19)(H,21,22)/t12-/m0/s1. The molecule has 0 radical (unpaired) electrons. The Morgan fingerprint density at radius 2 is 2.04 bits per heavy atom. The molecule has 1 aromatic heterocycles. The molecule has 0 unspecified atom stereocenters. The van der Waals surface area contributed by atoms with E-state index >= 15 is 0 Å². The van der Waals surface area contributed by atoms with E-state index in [1.807, 2.05) is 0 Å². The second-order valence-corrected chi connectivity index (χ2v) is 5.23. The Hall–Kier alpha value is -2.67. The normalized spacial score (nSPS) is 12.1. The largest absolute Gasteiger partial charge is 0.480 e. The number of aliphatic carboxylic acids is 1. The van der Waals surface area contributed by atoms with Gasteiger partial charge < -0.3 is 20.2 Å². The first-order valence-corrected chi connectivity index (χ1v) is 7.15. The Kier molecular flexibility index (Phi) is 5.13. The van der Waals surface area contributed by atoms with E-state index in [0.717, 1.165) is 10.9 Å². The average molecular weight is 318 g/mol. The van der Waals surface area contributed by atoms with Gasteiger partial charge in [0, 0.05) is 29.6 Å². The smallest absolute Gasteiger partial charge is 0.336 e. The Bertz CT molecular complexity index is 797. The van der Waals surface area contributed by atoms with Gasteiger partial charge in [-0.2, -0.15) is 0 Å². The molecule has 2 rings (SSSR count). The highest BCUT2D eigenvalue weighted by Crippen LogP contribution is 2.20. The lowest BCUT2D eigenvalue weighted by Crippen LogP contribution is -2.34. The van der Waals surface area contributed by atoms with Crippen LogP contribution < -0.4 is 16.3 Å². The number of anilines is 1. The minimum absolute atomic E-state index is 0.0631. The first-order chi connectivity index (χ1) is 10.9. The van der Waals surface area contributed by atoms with Crippen LogP contribution in [0.25, 0.3) is 11.0 Å². The van der Waals surface area contributed by atoms with Gasteiger partial charge >= 0.3 is 11.6 Å². The Morgan fingerprint density at radius 3 is 2.70 bits per heavy atom. The van der Waals surface area contributed by atoms with E-state index in [0.29, 0.717) is 11.3 Å². The first kappa shape index (κ1) is 16.7. The molecule has 1 aromatic carbocycles. The summed E-state index contributed by atoms with van der Waals surface area (Å²) in [4.78, 5) is 34.2. The van der Waals surface area contributed by atoms with Crippen molar-refractivity contribution in [2.24, 2.45) is 0 Å². The predicted molar refractivity (Wildman–Crippen MR) is 85.6 cm³/mol. The van der Waals surface area contributed by atoms with Crippen LogP contribution in [-0.4, -0.2) is 30.1 Å². The maximum atomic E-state index is 11.9. The second kappa shape index (κ2) is 7.06. The van der Waals surface area contributed by atoms with Crippen molar-refractivity contribution < 1.29 is 19.1 Å². The van der Waals surface area contributed by atoms with Crippen LogP contribution in [0.5, 0.6) is 0 Å². The van der Waals surface area contributed by atoms with E-state index in [9.17, 15) is 14.4 Å². The van der Waals surface area contributed by atoms with E-state index in [1.54, 1.807) is 25.1 Å². The van der Waals surface area contributed by atoms with Gasteiger partial charge in [0.15, 0.2) is 0 Å². The molecule has 0 bridgehead atoms.